The minimum Gasteiger partial charge on any atom is -0.319 e. The third-order valence-corrected chi connectivity index (χ3v) is 4.93. The van der Waals surface area contributed by atoms with E-state index >= 15 is 0 Å². The van der Waals surface area contributed by atoms with Crippen LogP contribution in [-0.2, 0) is 4.79 Å². The molecule has 1 aliphatic carbocycles. The molecule has 1 N–H and O–H groups in total. The Morgan fingerprint density at radius 2 is 2.21 bits per heavy atom. The van der Waals surface area contributed by atoms with E-state index in [0.29, 0.717) is 17.9 Å². The molecule has 1 spiro atoms. The number of hydrogen-bond donors (Lipinski definition) is 1. The van der Waals surface area contributed by atoms with Gasteiger partial charge in [0.2, 0.25) is 5.91 Å². The highest BCUT2D eigenvalue weighted by atomic mass is 32.1. The van der Waals surface area contributed by atoms with Crippen LogP contribution in [0.1, 0.15) is 51.8 Å². The summed E-state index contributed by atoms with van der Waals surface area (Å²) in [5.74, 6) is 0.929. The lowest BCUT2D eigenvalue weighted by Crippen LogP contribution is -2.39. The summed E-state index contributed by atoms with van der Waals surface area (Å²) in [5.41, 5.74) is 1.01. The maximum absolute atomic E-state index is 12.7. The van der Waals surface area contributed by atoms with E-state index in [1.54, 1.807) is 11.3 Å². The fourth-order valence-corrected chi connectivity index (χ4v) is 3.84. The van der Waals surface area contributed by atoms with E-state index in [9.17, 15) is 4.79 Å². The molecule has 2 atom stereocenters. The van der Waals surface area contributed by atoms with Gasteiger partial charge in [-0.05, 0) is 54.5 Å². The second kappa shape index (κ2) is 4.60. The summed E-state index contributed by atoms with van der Waals surface area (Å²) in [6, 6.07) is 2.43. The van der Waals surface area contributed by atoms with E-state index in [0.717, 1.165) is 19.3 Å². The first kappa shape index (κ1) is 13.1. The molecule has 2 fully saturated rings. The number of amides is 1. The van der Waals surface area contributed by atoms with Crippen LogP contribution in [0.15, 0.2) is 16.8 Å². The van der Waals surface area contributed by atoms with Gasteiger partial charge in [0, 0.05) is 6.04 Å². The van der Waals surface area contributed by atoms with Gasteiger partial charge in [0.1, 0.15) is 11.7 Å². The van der Waals surface area contributed by atoms with Crippen molar-refractivity contribution >= 4 is 17.2 Å². The Kier molecular flexibility index (Phi) is 3.18. The molecule has 0 radical (unpaired) electrons. The van der Waals surface area contributed by atoms with E-state index in [1.807, 2.05) is 0 Å². The minimum absolute atomic E-state index is 0.0787. The van der Waals surface area contributed by atoms with Gasteiger partial charge in [-0.25, -0.2) is 0 Å². The summed E-state index contributed by atoms with van der Waals surface area (Å²) in [5, 5.41) is 7.82. The monoisotopic (exact) mass is 278 g/mol. The molecule has 1 saturated carbocycles. The Balaban J connectivity index is 1.87. The van der Waals surface area contributed by atoms with Crippen molar-refractivity contribution in [3.05, 3.63) is 22.4 Å². The first-order chi connectivity index (χ1) is 9.03. The molecule has 2 aliphatic rings. The molecule has 0 bridgehead atoms. The third kappa shape index (κ3) is 2.21. The summed E-state index contributed by atoms with van der Waals surface area (Å²) >= 11 is 1.70. The van der Waals surface area contributed by atoms with Crippen LogP contribution in [0.3, 0.4) is 0 Å². The second-order valence-electron chi connectivity index (χ2n) is 6.38. The summed E-state index contributed by atoms with van der Waals surface area (Å²) in [7, 11) is 0. The van der Waals surface area contributed by atoms with Crippen molar-refractivity contribution in [2.45, 2.75) is 57.8 Å². The number of nitrogens with zero attached hydrogens (tertiary/aromatic N) is 1. The number of carbonyl (C=O) groups excluding carboxylic acids is 1. The number of nitrogens with one attached hydrogen (secondary N) is 1. The Hall–Kier alpha value is -0.870. The summed E-state index contributed by atoms with van der Waals surface area (Å²) in [6.45, 7) is 6.62. The Labute approximate surface area is 119 Å². The van der Waals surface area contributed by atoms with Crippen molar-refractivity contribution in [1.82, 2.24) is 10.2 Å². The third-order valence-electron chi connectivity index (χ3n) is 4.23. The van der Waals surface area contributed by atoms with Crippen LogP contribution in [0.25, 0.3) is 0 Å². The molecule has 4 heteroatoms. The lowest BCUT2D eigenvalue weighted by atomic mass is 10.0. The first-order valence-electron chi connectivity index (χ1n) is 7.16. The zero-order valence-corrected chi connectivity index (χ0v) is 12.7. The van der Waals surface area contributed by atoms with Gasteiger partial charge in [-0.1, -0.05) is 13.8 Å². The van der Waals surface area contributed by atoms with E-state index in [2.05, 4.69) is 47.8 Å². The van der Waals surface area contributed by atoms with Crippen LogP contribution < -0.4 is 5.32 Å². The smallest absolute Gasteiger partial charge is 0.244 e. The van der Waals surface area contributed by atoms with Crippen molar-refractivity contribution in [2.24, 2.45) is 5.92 Å². The molecule has 104 valence electrons. The van der Waals surface area contributed by atoms with Gasteiger partial charge in [0.05, 0.1) is 0 Å². The quantitative estimate of drug-likeness (QED) is 0.917. The van der Waals surface area contributed by atoms with Crippen molar-refractivity contribution in [2.75, 3.05) is 0 Å². The van der Waals surface area contributed by atoms with Gasteiger partial charge >= 0.3 is 0 Å². The van der Waals surface area contributed by atoms with Crippen LogP contribution in [0.4, 0.5) is 0 Å². The fourth-order valence-electron chi connectivity index (χ4n) is 3.17. The van der Waals surface area contributed by atoms with Crippen LogP contribution >= 0.6 is 11.3 Å². The largest absolute Gasteiger partial charge is 0.319 e. The highest BCUT2D eigenvalue weighted by molar-refractivity contribution is 7.07. The molecule has 1 amide bonds. The first-order valence-corrected chi connectivity index (χ1v) is 8.10. The SMILES string of the molecule is CC(C)CC(C)N1C(=O)C2(CC2)NC1c1ccsc1. The number of carbonyl (C=O) groups is 1. The van der Waals surface area contributed by atoms with Gasteiger partial charge in [0.15, 0.2) is 0 Å². The zero-order valence-electron chi connectivity index (χ0n) is 11.8. The lowest BCUT2D eigenvalue weighted by Gasteiger charge is -2.31. The maximum Gasteiger partial charge on any atom is 0.244 e. The molecule has 1 aromatic heterocycles. The molecule has 0 aromatic carbocycles. The van der Waals surface area contributed by atoms with Gasteiger partial charge < -0.3 is 4.90 Å². The van der Waals surface area contributed by atoms with E-state index < -0.39 is 0 Å². The van der Waals surface area contributed by atoms with Crippen molar-refractivity contribution in [3.63, 3.8) is 0 Å². The molecule has 1 aromatic rings. The van der Waals surface area contributed by atoms with Crippen LogP contribution in [-0.4, -0.2) is 22.4 Å². The standard InChI is InChI=1S/C15H22N2OS/c1-10(2)8-11(3)17-13(12-4-7-19-9-12)16-15(5-6-15)14(17)18/h4,7,9-11,13,16H,5-6,8H2,1-3H3. The van der Waals surface area contributed by atoms with Gasteiger partial charge in [-0.3, -0.25) is 10.1 Å². The molecular weight excluding hydrogens is 256 g/mol. The maximum atomic E-state index is 12.7. The predicted molar refractivity (Wildman–Crippen MR) is 77.9 cm³/mol. The van der Waals surface area contributed by atoms with Crippen LogP contribution in [0.2, 0.25) is 0 Å². The summed E-state index contributed by atoms with van der Waals surface area (Å²) in [6.07, 6.45) is 3.13. The van der Waals surface area contributed by atoms with Crippen molar-refractivity contribution < 1.29 is 4.79 Å². The van der Waals surface area contributed by atoms with E-state index in [-0.39, 0.29) is 11.7 Å². The Morgan fingerprint density at radius 1 is 1.47 bits per heavy atom. The topological polar surface area (TPSA) is 32.3 Å². The fraction of sp³-hybridized carbons (Fsp3) is 0.667. The summed E-state index contributed by atoms with van der Waals surface area (Å²) < 4.78 is 0. The van der Waals surface area contributed by atoms with Crippen molar-refractivity contribution in [1.29, 1.82) is 0 Å². The average molecular weight is 278 g/mol. The molecule has 1 saturated heterocycles. The number of hydrogen-bond acceptors (Lipinski definition) is 3. The minimum atomic E-state index is -0.224. The highest BCUT2D eigenvalue weighted by Crippen LogP contribution is 2.47. The number of rotatable bonds is 4. The normalized spacial score (nSPS) is 26.4. The second-order valence-corrected chi connectivity index (χ2v) is 7.16. The molecular formula is C15H22N2OS. The zero-order chi connectivity index (χ0) is 13.6. The molecule has 2 unspecified atom stereocenters. The summed E-state index contributed by atoms with van der Waals surface area (Å²) in [4.78, 5) is 14.8. The van der Waals surface area contributed by atoms with E-state index in [1.165, 1.54) is 5.56 Å². The average Bonchev–Trinajstić information content (AvgIpc) is 2.82. The molecule has 3 rings (SSSR count). The molecule has 19 heavy (non-hydrogen) atoms. The molecule has 2 heterocycles. The van der Waals surface area contributed by atoms with Gasteiger partial charge in [-0.15, -0.1) is 0 Å². The lowest BCUT2D eigenvalue weighted by molar-refractivity contribution is -0.133. The van der Waals surface area contributed by atoms with Crippen LogP contribution in [0.5, 0.6) is 0 Å². The highest BCUT2D eigenvalue weighted by Gasteiger charge is 2.60. The molecule has 3 nitrogen and oxygen atoms in total. The Bertz CT molecular complexity index is 464. The Morgan fingerprint density at radius 3 is 2.74 bits per heavy atom. The van der Waals surface area contributed by atoms with Crippen molar-refractivity contribution in [3.8, 4) is 0 Å². The van der Waals surface area contributed by atoms with Crippen LogP contribution in [0, 0.1) is 5.92 Å². The van der Waals surface area contributed by atoms with Gasteiger partial charge in [-0.2, -0.15) is 11.3 Å². The number of thiophene rings is 1. The van der Waals surface area contributed by atoms with Gasteiger partial charge in [0.25, 0.3) is 0 Å². The predicted octanol–water partition coefficient (Wildman–Crippen LogP) is 3.15. The van der Waals surface area contributed by atoms with E-state index in [4.69, 9.17) is 0 Å². The molecule has 1 aliphatic heterocycles.